The molecule has 1 fully saturated rings. The van der Waals surface area contributed by atoms with Gasteiger partial charge >= 0.3 is 6.09 Å². The molecule has 0 aliphatic carbocycles. The lowest BCUT2D eigenvalue weighted by Crippen LogP contribution is -2.64. The van der Waals surface area contributed by atoms with Crippen molar-refractivity contribution < 1.29 is 39.1 Å². The van der Waals surface area contributed by atoms with E-state index < -0.39 is 49.3 Å². The van der Waals surface area contributed by atoms with E-state index in [9.17, 15) is 19.8 Å². The van der Waals surface area contributed by atoms with Crippen molar-refractivity contribution in [3.63, 3.8) is 0 Å². The van der Waals surface area contributed by atoms with Gasteiger partial charge in [0, 0.05) is 20.1 Å². The summed E-state index contributed by atoms with van der Waals surface area (Å²) in [7, 11) is 1.33. The van der Waals surface area contributed by atoms with Crippen molar-refractivity contribution in [2.75, 3.05) is 20.3 Å². The van der Waals surface area contributed by atoms with Gasteiger partial charge < -0.3 is 40.2 Å². The summed E-state index contributed by atoms with van der Waals surface area (Å²) in [6, 6.07) is 8.26. The standard InChI is InChI=1S/C19H28N2O8/c1-27-18-15(17(25)16(24)13(10-22)29-18)21-14(23)8-5-9-20-19(26)28-11-12-6-3-2-4-7-12/h2-4,6-7,13,15-18,22,24-25H,5,8-11H2,1H3,(H,20,26)(H,21,23)/t13-,15-,16-,17-,18+/m1/s1. The van der Waals surface area contributed by atoms with E-state index >= 15 is 0 Å². The smallest absolute Gasteiger partial charge is 0.407 e. The first-order chi connectivity index (χ1) is 14.0. The van der Waals surface area contributed by atoms with Gasteiger partial charge in [-0.3, -0.25) is 4.79 Å². The predicted molar refractivity (Wildman–Crippen MR) is 101 cm³/mol. The van der Waals surface area contributed by atoms with Crippen molar-refractivity contribution >= 4 is 12.0 Å². The molecule has 1 aromatic carbocycles. The molecule has 162 valence electrons. The van der Waals surface area contributed by atoms with Crippen LogP contribution in [0.1, 0.15) is 18.4 Å². The first-order valence-electron chi connectivity index (χ1n) is 9.35. The van der Waals surface area contributed by atoms with Crippen molar-refractivity contribution in [2.45, 2.75) is 50.1 Å². The Morgan fingerprint density at radius 3 is 2.55 bits per heavy atom. The lowest BCUT2D eigenvalue weighted by molar-refractivity contribution is -0.262. The zero-order valence-electron chi connectivity index (χ0n) is 16.2. The molecular weight excluding hydrogens is 384 g/mol. The van der Waals surface area contributed by atoms with Crippen LogP contribution in [0.4, 0.5) is 4.79 Å². The van der Waals surface area contributed by atoms with Crippen LogP contribution in [0, 0.1) is 0 Å². The lowest BCUT2D eigenvalue weighted by atomic mass is 9.97. The number of ether oxygens (including phenoxy) is 3. The minimum Gasteiger partial charge on any atom is -0.445 e. The van der Waals surface area contributed by atoms with Crippen molar-refractivity contribution in [3.05, 3.63) is 35.9 Å². The minimum atomic E-state index is -1.36. The molecule has 0 unspecified atom stereocenters. The average Bonchev–Trinajstić information content (AvgIpc) is 2.74. The average molecular weight is 412 g/mol. The summed E-state index contributed by atoms with van der Waals surface area (Å²) in [6.45, 7) is -0.110. The molecule has 0 saturated carbocycles. The molecule has 0 radical (unpaired) electrons. The third-order valence-electron chi connectivity index (χ3n) is 4.50. The number of benzene rings is 1. The quantitative estimate of drug-likeness (QED) is 0.334. The highest BCUT2D eigenvalue weighted by atomic mass is 16.7. The van der Waals surface area contributed by atoms with Crippen LogP contribution in [0.15, 0.2) is 30.3 Å². The Kier molecular flexibility index (Phi) is 9.29. The second-order valence-electron chi connectivity index (χ2n) is 6.63. The van der Waals surface area contributed by atoms with Crippen molar-refractivity contribution in [3.8, 4) is 0 Å². The topological polar surface area (TPSA) is 147 Å². The van der Waals surface area contributed by atoms with Crippen LogP contribution in [-0.4, -0.2) is 78.2 Å². The summed E-state index contributed by atoms with van der Waals surface area (Å²) in [5, 5.41) is 34.4. The van der Waals surface area contributed by atoms with Crippen LogP contribution in [-0.2, 0) is 25.6 Å². The first kappa shape index (κ1) is 23.0. The number of amides is 2. The maximum atomic E-state index is 12.1. The molecule has 1 saturated heterocycles. The first-order valence-corrected chi connectivity index (χ1v) is 9.35. The number of methoxy groups -OCH3 is 1. The van der Waals surface area contributed by atoms with Crippen LogP contribution in [0.25, 0.3) is 0 Å². The van der Waals surface area contributed by atoms with E-state index in [4.69, 9.17) is 19.3 Å². The third kappa shape index (κ3) is 6.94. The molecule has 10 heteroatoms. The Morgan fingerprint density at radius 1 is 1.17 bits per heavy atom. The summed E-state index contributed by atoms with van der Waals surface area (Å²) < 4.78 is 15.5. The van der Waals surface area contributed by atoms with Gasteiger partial charge in [0.25, 0.3) is 0 Å². The summed E-state index contributed by atoms with van der Waals surface area (Å²) in [4.78, 5) is 23.8. The number of aliphatic hydroxyl groups is 3. The summed E-state index contributed by atoms with van der Waals surface area (Å²) in [5.41, 5.74) is 0.869. The number of hydrogen-bond acceptors (Lipinski definition) is 8. The Bertz CT molecular complexity index is 642. The molecular formula is C19H28N2O8. The number of carbonyl (C=O) groups is 2. The summed E-state index contributed by atoms with van der Waals surface area (Å²) in [6.07, 6.45) is -4.91. The summed E-state index contributed by atoms with van der Waals surface area (Å²) in [5.74, 6) is -0.409. The number of carbonyl (C=O) groups excluding carboxylic acids is 2. The Hall–Kier alpha value is -2.24. The SMILES string of the molecule is CO[C@H]1O[C@H](CO)[C@@H](O)[C@H](O)[C@H]1NC(=O)CCCNC(=O)OCc1ccccc1. The number of alkyl carbamates (subject to hydrolysis) is 1. The molecule has 1 aromatic rings. The highest BCUT2D eigenvalue weighted by molar-refractivity contribution is 5.76. The lowest BCUT2D eigenvalue weighted by Gasteiger charge is -2.41. The van der Waals surface area contributed by atoms with E-state index in [1.807, 2.05) is 30.3 Å². The van der Waals surface area contributed by atoms with Gasteiger partial charge in [0.15, 0.2) is 6.29 Å². The number of hydrogen-bond donors (Lipinski definition) is 5. The van der Waals surface area contributed by atoms with Gasteiger partial charge in [0.2, 0.25) is 5.91 Å². The van der Waals surface area contributed by atoms with E-state index in [0.717, 1.165) is 5.56 Å². The molecule has 1 aliphatic rings. The Balaban J connectivity index is 1.67. The van der Waals surface area contributed by atoms with Gasteiger partial charge in [-0.15, -0.1) is 0 Å². The zero-order valence-corrected chi connectivity index (χ0v) is 16.2. The molecule has 1 heterocycles. The second kappa shape index (κ2) is 11.7. The highest BCUT2D eigenvalue weighted by Crippen LogP contribution is 2.21. The molecule has 29 heavy (non-hydrogen) atoms. The predicted octanol–water partition coefficient (Wildman–Crippen LogP) is -0.737. The zero-order chi connectivity index (χ0) is 21.2. The van der Waals surface area contributed by atoms with Crippen LogP contribution in [0.5, 0.6) is 0 Å². The molecule has 0 aromatic heterocycles. The van der Waals surface area contributed by atoms with Crippen LogP contribution >= 0.6 is 0 Å². The van der Waals surface area contributed by atoms with Crippen LogP contribution < -0.4 is 10.6 Å². The largest absolute Gasteiger partial charge is 0.445 e. The van der Waals surface area contributed by atoms with Gasteiger partial charge in [0.1, 0.15) is 31.0 Å². The van der Waals surface area contributed by atoms with Crippen molar-refractivity contribution in [1.29, 1.82) is 0 Å². The normalized spacial score (nSPS) is 26.6. The number of rotatable bonds is 9. The van der Waals surface area contributed by atoms with Gasteiger partial charge in [-0.1, -0.05) is 30.3 Å². The molecule has 5 N–H and O–H groups in total. The van der Waals surface area contributed by atoms with E-state index in [1.54, 1.807) is 0 Å². The van der Waals surface area contributed by atoms with E-state index in [0.29, 0.717) is 6.42 Å². The highest BCUT2D eigenvalue weighted by Gasteiger charge is 2.45. The molecule has 2 amide bonds. The van der Waals surface area contributed by atoms with E-state index in [1.165, 1.54) is 7.11 Å². The maximum Gasteiger partial charge on any atom is 0.407 e. The van der Waals surface area contributed by atoms with Gasteiger partial charge in [0.05, 0.1) is 6.61 Å². The summed E-state index contributed by atoms with van der Waals surface area (Å²) >= 11 is 0. The minimum absolute atomic E-state index is 0.0676. The van der Waals surface area contributed by atoms with Crippen molar-refractivity contribution in [2.24, 2.45) is 0 Å². The van der Waals surface area contributed by atoms with Crippen LogP contribution in [0.3, 0.4) is 0 Å². The molecule has 0 bridgehead atoms. The third-order valence-corrected chi connectivity index (χ3v) is 4.50. The molecule has 1 aliphatic heterocycles. The fourth-order valence-corrected chi connectivity index (χ4v) is 2.91. The fourth-order valence-electron chi connectivity index (χ4n) is 2.91. The monoisotopic (exact) mass is 412 g/mol. The number of aliphatic hydroxyl groups excluding tert-OH is 3. The molecule has 2 rings (SSSR count). The maximum absolute atomic E-state index is 12.1. The van der Waals surface area contributed by atoms with Gasteiger partial charge in [-0.25, -0.2) is 4.79 Å². The van der Waals surface area contributed by atoms with E-state index in [-0.39, 0.29) is 19.6 Å². The Labute approximate surface area is 168 Å². The van der Waals surface area contributed by atoms with Gasteiger partial charge in [-0.2, -0.15) is 0 Å². The number of nitrogens with one attached hydrogen (secondary N) is 2. The van der Waals surface area contributed by atoms with Crippen LogP contribution in [0.2, 0.25) is 0 Å². The molecule has 0 spiro atoms. The van der Waals surface area contributed by atoms with E-state index in [2.05, 4.69) is 10.6 Å². The van der Waals surface area contributed by atoms with Crippen molar-refractivity contribution in [1.82, 2.24) is 10.6 Å². The fraction of sp³-hybridized carbons (Fsp3) is 0.579. The molecule has 5 atom stereocenters. The Morgan fingerprint density at radius 2 is 1.90 bits per heavy atom. The molecule has 10 nitrogen and oxygen atoms in total. The van der Waals surface area contributed by atoms with Gasteiger partial charge in [-0.05, 0) is 12.0 Å². The second-order valence-corrected chi connectivity index (χ2v) is 6.63.